The van der Waals surface area contributed by atoms with E-state index in [2.05, 4.69) is 28.8 Å². The minimum absolute atomic E-state index is 0.302. The molecule has 0 radical (unpaired) electrons. The number of hydrogen-bond donors (Lipinski definition) is 2. The van der Waals surface area contributed by atoms with Crippen LogP contribution in [0.1, 0.15) is 5.56 Å². The Morgan fingerprint density at radius 3 is 2.94 bits per heavy atom. The first-order chi connectivity index (χ1) is 8.35. The van der Waals surface area contributed by atoms with Gasteiger partial charge >= 0.3 is 0 Å². The van der Waals surface area contributed by atoms with Gasteiger partial charge in [-0.05, 0) is 30.4 Å². The van der Waals surface area contributed by atoms with Crippen molar-refractivity contribution < 1.29 is 0 Å². The van der Waals surface area contributed by atoms with Gasteiger partial charge in [-0.25, -0.2) is 0 Å². The van der Waals surface area contributed by atoms with Gasteiger partial charge in [-0.2, -0.15) is 11.8 Å². The summed E-state index contributed by atoms with van der Waals surface area (Å²) in [6.07, 6.45) is 4.89. The van der Waals surface area contributed by atoms with Crippen LogP contribution in [0.3, 0.4) is 0 Å². The van der Waals surface area contributed by atoms with E-state index in [0.29, 0.717) is 6.04 Å². The van der Waals surface area contributed by atoms with Gasteiger partial charge in [0, 0.05) is 23.4 Å². The van der Waals surface area contributed by atoms with Gasteiger partial charge in [-0.1, -0.05) is 18.2 Å². The SMILES string of the molecule is CSCC(Cc1ccnc2ccccc12)NN. The van der Waals surface area contributed by atoms with E-state index in [-0.39, 0.29) is 0 Å². The van der Waals surface area contributed by atoms with Crippen LogP contribution in [0.2, 0.25) is 0 Å². The van der Waals surface area contributed by atoms with Gasteiger partial charge in [-0.3, -0.25) is 16.3 Å². The summed E-state index contributed by atoms with van der Waals surface area (Å²) in [6, 6.07) is 10.6. The molecule has 0 saturated carbocycles. The quantitative estimate of drug-likeness (QED) is 0.626. The number of thioether (sulfide) groups is 1. The topological polar surface area (TPSA) is 50.9 Å². The summed E-state index contributed by atoms with van der Waals surface area (Å²) >= 11 is 1.80. The molecule has 0 aliphatic carbocycles. The third-order valence-electron chi connectivity index (χ3n) is 2.81. The van der Waals surface area contributed by atoms with Gasteiger partial charge in [0.15, 0.2) is 0 Å². The first kappa shape index (κ1) is 12.4. The fraction of sp³-hybridized carbons (Fsp3) is 0.308. The molecule has 1 heterocycles. The summed E-state index contributed by atoms with van der Waals surface area (Å²) < 4.78 is 0. The Morgan fingerprint density at radius 2 is 2.18 bits per heavy atom. The van der Waals surface area contributed by atoms with Crippen molar-refractivity contribution in [2.45, 2.75) is 12.5 Å². The molecule has 1 aromatic heterocycles. The van der Waals surface area contributed by atoms with E-state index in [1.54, 1.807) is 11.8 Å². The molecule has 90 valence electrons. The number of nitrogens with two attached hydrogens (primary N) is 1. The minimum atomic E-state index is 0.302. The molecule has 0 aliphatic heterocycles. The van der Waals surface area contributed by atoms with E-state index >= 15 is 0 Å². The Bertz CT molecular complexity index is 482. The molecule has 3 N–H and O–H groups in total. The molecule has 17 heavy (non-hydrogen) atoms. The highest BCUT2D eigenvalue weighted by atomic mass is 32.2. The standard InChI is InChI=1S/C13H17N3S/c1-17-9-11(16-14)8-10-6-7-15-13-5-3-2-4-12(10)13/h2-7,11,16H,8-9,14H2,1H3. The molecule has 0 bridgehead atoms. The second-order valence-electron chi connectivity index (χ2n) is 4.01. The third kappa shape index (κ3) is 2.97. The van der Waals surface area contributed by atoms with Crippen molar-refractivity contribution in [3.63, 3.8) is 0 Å². The van der Waals surface area contributed by atoms with Crippen LogP contribution < -0.4 is 11.3 Å². The molecule has 0 spiro atoms. The smallest absolute Gasteiger partial charge is 0.0704 e. The van der Waals surface area contributed by atoms with E-state index in [4.69, 9.17) is 5.84 Å². The van der Waals surface area contributed by atoms with Gasteiger partial charge in [0.05, 0.1) is 5.52 Å². The Balaban J connectivity index is 2.28. The van der Waals surface area contributed by atoms with Gasteiger partial charge in [0.2, 0.25) is 0 Å². The molecular formula is C13H17N3S. The summed E-state index contributed by atoms with van der Waals surface area (Å²) in [6.45, 7) is 0. The molecule has 0 fully saturated rings. The molecule has 0 amide bonds. The van der Waals surface area contributed by atoms with Crippen LogP contribution in [0.5, 0.6) is 0 Å². The lowest BCUT2D eigenvalue weighted by molar-refractivity contribution is 0.577. The number of nitrogens with one attached hydrogen (secondary N) is 1. The number of hydrazine groups is 1. The van der Waals surface area contributed by atoms with E-state index in [0.717, 1.165) is 17.7 Å². The first-order valence-electron chi connectivity index (χ1n) is 5.63. The van der Waals surface area contributed by atoms with Gasteiger partial charge < -0.3 is 0 Å². The number of pyridine rings is 1. The van der Waals surface area contributed by atoms with Crippen LogP contribution in [0.25, 0.3) is 10.9 Å². The van der Waals surface area contributed by atoms with E-state index in [9.17, 15) is 0 Å². The highest BCUT2D eigenvalue weighted by Crippen LogP contribution is 2.18. The monoisotopic (exact) mass is 247 g/mol. The predicted molar refractivity (Wildman–Crippen MR) is 74.9 cm³/mol. The lowest BCUT2D eigenvalue weighted by Crippen LogP contribution is -2.38. The second-order valence-corrected chi connectivity index (χ2v) is 4.92. The maximum atomic E-state index is 5.57. The lowest BCUT2D eigenvalue weighted by Gasteiger charge is -2.15. The summed E-state index contributed by atoms with van der Waals surface area (Å²) in [5.74, 6) is 6.58. The van der Waals surface area contributed by atoms with Crippen LogP contribution in [0.15, 0.2) is 36.5 Å². The highest BCUT2D eigenvalue weighted by Gasteiger charge is 2.09. The molecule has 3 nitrogen and oxygen atoms in total. The van der Waals surface area contributed by atoms with Crippen LogP contribution in [0.4, 0.5) is 0 Å². The van der Waals surface area contributed by atoms with Gasteiger partial charge in [0.25, 0.3) is 0 Å². The molecular weight excluding hydrogens is 230 g/mol. The summed E-state index contributed by atoms with van der Waals surface area (Å²) in [7, 11) is 0. The van der Waals surface area contributed by atoms with Crippen molar-refractivity contribution in [3.8, 4) is 0 Å². The molecule has 1 unspecified atom stereocenters. The van der Waals surface area contributed by atoms with Crippen molar-refractivity contribution in [2.75, 3.05) is 12.0 Å². The first-order valence-corrected chi connectivity index (χ1v) is 7.02. The van der Waals surface area contributed by atoms with E-state index < -0.39 is 0 Å². The van der Waals surface area contributed by atoms with Crippen molar-refractivity contribution in [2.24, 2.45) is 5.84 Å². The zero-order chi connectivity index (χ0) is 12.1. The average Bonchev–Trinajstić information content (AvgIpc) is 2.38. The number of para-hydroxylation sites is 1. The van der Waals surface area contributed by atoms with Crippen molar-refractivity contribution >= 4 is 22.7 Å². The summed E-state index contributed by atoms with van der Waals surface area (Å²) in [5, 5.41) is 1.22. The maximum Gasteiger partial charge on any atom is 0.0704 e. The van der Waals surface area contributed by atoms with Crippen LogP contribution in [-0.2, 0) is 6.42 Å². The number of rotatable bonds is 5. The molecule has 4 heteroatoms. The normalized spacial score (nSPS) is 12.8. The van der Waals surface area contributed by atoms with Gasteiger partial charge in [-0.15, -0.1) is 0 Å². The molecule has 1 aromatic carbocycles. The van der Waals surface area contributed by atoms with Crippen LogP contribution >= 0.6 is 11.8 Å². The summed E-state index contributed by atoms with van der Waals surface area (Å²) in [5.41, 5.74) is 5.22. The van der Waals surface area contributed by atoms with Crippen molar-refractivity contribution in [1.29, 1.82) is 0 Å². The number of benzene rings is 1. The number of aromatic nitrogens is 1. The van der Waals surface area contributed by atoms with E-state index in [1.807, 2.05) is 24.4 Å². The van der Waals surface area contributed by atoms with Crippen molar-refractivity contribution in [3.05, 3.63) is 42.1 Å². The Hall–Kier alpha value is -1.10. The molecule has 0 saturated heterocycles. The third-order valence-corrected chi connectivity index (χ3v) is 3.54. The maximum absolute atomic E-state index is 5.57. The predicted octanol–water partition coefficient (Wildman–Crippen LogP) is 1.97. The Labute approximate surface area is 106 Å². The fourth-order valence-corrected chi connectivity index (χ4v) is 2.58. The lowest BCUT2D eigenvalue weighted by atomic mass is 10.0. The number of hydrogen-bond acceptors (Lipinski definition) is 4. The van der Waals surface area contributed by atoms with Crippen LogP contribution in [0, 0.1) is 0 Å². The zero-order valence-corrected chi connectivity index (χ0v) is 10.7. The summed E-state index contributed by atoms with van der Waals surface area (Å²) in [4.78, 5) is 4.36. The molecule has 2 rings (SSSR count). The van der Waals surface area contributed by atoms with Crippen LogP contribution in [-0.4, -0.2) is 23.0 Å². The largest absolute Gasteiger partial charge is 0.271 e. The number of fused-ring (bicyclic) bond motifs is 1. The Kier molecular flexibility index (Phi) is 4.36. The fourth-order valence-electron chi connectivity index (χ4n) is 1.97. The average molecular weight is 247 g/mol. The molecule has 1 atom stereocenters. The van der Waals surface area contributed by atoms with E-state index in [1.165, 1.54) is 10.9 Å². The zero-order valence-electron chi connectivity index (χ0n) is 9.89. The Morgan fingerprint density at radius 1 is 1.35 bits per heavy atom. The number of nitrogens with zero attached hydrogens (tertiary/aromatic N) is 1. The van der Waals surface area contributed by atoms with Gasteiger partial charge in [0.1, 0.15) is 0 Å². The molecule has 2 aromatic rings. The second kappa shape index (κ2) is 6.00. The highest BCUT2D eigenvalue weighted by molar-refractivity contribution is 7.98. The van der Waals surface area contributed by atoms with Crippen molar-refractivity contribution in [1.82, 2.24) is 10.4 Å². The minimum Gasteiger partial charge on any atom is -0.271 e. The molecule has 0 aliphatic rings.